The van der Waals surface area contributed by atoms with Crippen LogP contribution >= 0.6 is 12.2 Å². The molecular weight excluding hydrogens is 120 g/mol. The van der Waals surface area contributed by atoms with Crippen molar-refractivity contribution < 1.29 is 0 Å². The third kappa shape index (κ3) is 3.36. The molecule has 0 aromatic carbocycles. The van der Waals surface area contributed by atoms with E-state index in [4.69, 9.17) is 11.5 Å². The van der Waals surface area contributed by atoms with Crippen molar-refractivity contribution in [3.8, 4) is 0 Å². The van der Waals surface area contributed by atoms with Gasteiger partial charge in [0.2, 0.25) is 0 Å². The van der Waals surface area contributed by atoms with Crippen molar-refractivity contribution >= 4 is 17.2 Å². The number of hydrogen-bond donors (Lipinski definition) is 2. The van der Waals surface area contributed by atoms with Gasteiger partial charge in [-0.15, -0.1) is 0 Å². The number of thiocarbonyl (C=S) groups is 1. The minimum Gasteiger partial charge on any atom is -0.399 e. The summed E-state index contributed by atoms with van der Waals surface area (Å²) in [6.07, 6.45) is 2.96. The smallest absolute Gasteiger partial charge is 0.0982 e. The van der Waals surface area contributed by atoms with Gasteiger partial charge in [-0.3, -0.25) is 0 Å². The molecule has 0 spiro atoms. The largest absolute Gasteiger partial charge is 0.399 e. The zero-order chi connectivity index (χ0) is 6.57. The summed E-state index contributed by atoms with van der Waals surface area (Å²) in [7, 11) is 0. The van der Waals surface area contributed by atoms with E-state index in [1.807, 2.05) is 0 Å². The summed E-state index contributed by atoms with van der Waals surface area (Å²) in [5.41, 5.74) is 10.8. The van der Waals surface area contributed by atoms with Gasteiger partial charge in [0.25, 0.3) is 0 Å². The maximum Gasteiger partial charge on any atom is 0.0982 e. The molecule has 0 aromatic heterocycles. The van der Waals surface area contributed by atoms with Crippen LogP contribution in [0.2, 0.25) is 0 Å². The Kier molecular flexibility index (Phi) is 2.88. The second kappa shape index (κ2) is 3.21. The number of nitrogens with two attached hydrogens (primary N) is 2. The lowest BCUT2D eigenvalue weighted by Gasteiger charge is -1.87. The second-order valence-corrected chi connectivity index (χ2v) is 1.72. The maximum atomic E-state index is 5.25. The lowest BCUT2D eigenvalue weighted by atomic mass is 10.4. The van der Waals surface area contributed by atoms with Gasteiger partial charge in [-0.2, -0.15) is 0 Å². The van der Waals surface area contributed by atoms with Crippen molar-refractivity contribution in [2.24, 2.45) is 11.5 Å². The van der Waals surface area contributed by atoms with Crippen LogP contribution in [0.25, 0.3) is 0 Å². The summed E-state index contributed by atoms with van der Waals surface area (Å²) < 4.78 is 0. The maximum absolute atomic E-state index is 5.25. The first-order chi connectivity index (χ1) is 3.66. The van der Waals surface area contributed by atoms with E-state index in [-0.39, 0.29) is 4.99 Å². The Balaban J connectivity index is 3.94. The fourth-order valence-electron chi connectivity index (χ4n) is 0.223. The lowest BCUT2D eigenvalue weighted by molar-refractivity contribution is 1.44. The van der Waals surface area contributed by atoms with Crippen LogP contribution in [0.15, 0.2) is 24.4 Å². The summed E-state index contributed by atoms with van der Waals surface area (Å²) in [6, 6.07) is 0. The van der Waals surface area contributed by atoms with E-state index in [1.165, 1.54) is 12.2 Å². The molecule has 2 nitrogen and oxygen atoms in total. The Morgan fingerprint density at radius 2 is 2.00 bits per heavy atom. The fourth-order valence-corrected chi connectivity index (χ4v) is 0.359. The molecule has 0 aliphatic heterocycles. The van der Waals surface area contributed by atoms with Crippen LogP contribution in [0.1, 0.15) is 0 Å². The van der Waals surface area contributed by atoms with Gasteiger partial charge in [-0.25, -0.2) is 0 Å². The minimum atomic E-state index is 0.280. The molecule has 0 fully saturated rings. The van der Waals surface area contributed by atoms with Gasteiger partial charge < -0.3 is 11.5 Å². The van der Waals surface area contributed by atoms with Crippen LogP contribution < -0.4 is 11.5 Å². The first-order valence-corrected chi connectivity index (χ1v) is 2.46. The summed E-state index contributed by atoms with van der Waals surface area (Å²) in [6.45, 7) is 3.41. The first-order valence-electron chi connectivity index (χ1n) is 2.06. The van der Waals surface area contributed by atoms with Crippen molar-refractivity contribution in [1.82, 2.24) is 0 Å². The molecule has 0 aliphatic carbocycles. The molecule has 0 unspecified atom stereocenters. The molecule has 3 heteroatoms. The SMILES string of the molecule is C=CC(N)=CC(N)=S. The first kappa shape index (κ1) is 7.17. The van der Waals surface area contributed by atoms with E-state index in [0.717, 1.165) is 0 Å². The minimum absolute atomic E-state index is 0.280. The van der Waals surface area contributed by atoms with Crippen LogP contribution in [0.4, 0.5) is 0 Å². The molecule has 44 valence electrons. The molecule has 0 heterocycles. The van der Waals surface area contributed by atoms with Crippen LogP contribution in [-0.2, 0) is 0 Å². The van der Waals surface area contributed by atoms with Crippen molar-refractivity contribution in [1.29, 1.82) is 0 Å². The topological polar surface area (TPSA) is 52.0 Å². The van der Waals surface area contributed by atoms with E-state index in [9.17, 15) is 0 Å². The van der Waals surface area contributed by atoms with Crippen LogP contribution in [0, 0.1) is 0 Å². The molecule has 0 amide bonds. The summed E-state index contributed by atoms with van der Waals surface area (Å²) in [5.74, 6) is 0. The third-order valence-corrected chi connectivity index (χ3v) is 0.662. The van der Waals surface area contributed by atoms with Crippen molar-refractivity contribution in [3.05, 3.63) is 24.4 Å². The van der Waals surface area contributed by atoms with E-state index in [1.54, 1.807) is 0 Å². The Hall–Kier alpha value is -0.830. The summed E-state index contributed by atoms with van der Waals surface area (Å²) in [5, 5.41) is 0. The van der Waals surface area contributed by atoms with Gasteiger partial charge in [-0.1, -0.05) is 18.8 Å². The highest BCUT2D eigenvalue weighted by Gasteiger charge is 1.79. The quantitative estimate of drug-likeness (QED) is 0.319. The van der Waals surface area contributed by atoms with E-state index in [0.29, 0.717) is 5.70 Å². The summed E-state index contributed by atoms with van der Waals surface area (Å²) in [4.78, 5) is 0.280. The Morgan fingerprint density at radius 1 is 1.50 bits per heavy atom. The number of allylic oxidation sites excluding steroid dienone is 1. The fraction of sp³-hybridized carbons (Fsp3) is 0. The van der Waals surface area contributed by atoms with Crippen LogP contribution in [-0.4, -0.2) is 4.99 Å². The molecule has 0 rings (SSSR count). The van der Waals surface area contributed by atoms with Gasteiger partial charge in [0, 0.05) is 5.70 Å². The Morgan fingerprint density at radius 3 is 2.12 bits per heavy atom. The highest BCUT2D eigenvalue weighted by molar-refractivity contribution is 7.80. The normalized spacial score (nSPS) is 10.8. The average Bonchev–Trinajstić information content (AvgIpc) is 1.65. The Labute approximate surface area is 53.9 Å². The predicted octanol–water partition coefficient (Wildman–Crippen LogP) is 0.301. The zero-order valence-corrected chi connectivity index (χ0v) is 5.24. The second-order valence-electron chi connectivity index (χ2n) is 1.25. The molecule has 0 saturated heterocycles. The molecular formula is C5H8N2S. The number of rotatable bonds is 2. The average molecular weight is 128 g/mol. The van der Waals surface area contributed by atoms with Crippen LogP contribution in [0.5, 0.6) is 0 Å². The van der Waals surface area contributed by atoms with E-state index >= 15 is 0 Å². The third-order valence-electron chi connectivity index (χ3n) is 0.545. The van der Waals surface area contributed by atoms with Gasteiger partial charge in [0.05, 0.1) is 4.99 Å². The zero-order valence-electron chi connectivity index (χ0n) is 4.42. The molecule has 8 heavy (non-hydrogen) atoms. The number of hydrogen-bond acceptors (Lipinski definition) is 2. The van der Waals surface area contributed by atoms with E-state index < -0.39 is 0 Å². The van der Waals surface area contributed by atoms with Crippen molar-refractivity contribution in [3.63, 3.8) is 0 Å². The monoisotopic (exact) mass is 128 g/mol. The highest BCUT2D eigenvalue weighted by Crippen LogP contribution is 1.81. The van der Waals surface area contributed by atoms with Crippen molar-refractivity contribution in [2.45, 2.75) is 0 Å². The highest BCUT2D eigenvalue weighted by atomic mass is 32.1. The lowest BCUT2D eigenvalue weighted by Crippen LogP contribution is -2.06. The molecule has 4 N–H and O–H groups in total. The van der Waals surface area contributed by atoms with E-state index in [2.05, 4.69) is 18.8 Å². The molecule has 0 aromatic rings. The van der Waals surface area contributed by atoms with Gasteiger partial charge >= 0.3 is 0 Å². The van der Waals surface area contributed by atoms with Crippen molar-refractivity contribution in [2.75, 3.05) is 0 Å². The van der Waals surface area contributed by atoms with Gasteiger partial charge in [-0.05, 0) is 12.2 Å². The van der Waals surface area contributed by atoms with Gasteiger partial charge in [0.1, 0.15) is 0 Å². The Bertz CT molecular complexity index is 137. The molecule has 0 saturated carbocycles. The van der Waals surface area contributed by atoms with Crippen LogP contribution in [0.3, 0.4) is 0 Å². The molecule has 0 radical (unpaired) electrons. The molecule has 0 atom stereocenters. The molecule has 0 aliphatic rings. The standard InChI is InChI=1S/C5H8N2S/c1-2-4(6)3-5(7)8/h2-3H,1,6H2,(H2,7,8). The molecule has 0 bridgehead atoms. The van der Waals surface area contributed by atoms with Gasteiger partial charge in [0.15, 0.2) is 0 Å². The summed E-state index contributed by atoms with van der Waals surface area (Å²) >= 11 is 4.51. The predicted molar refractivity (Wildman–Crippen MR) is 39.3 cm³/mol.